The van der Waals surface area contributed by atoms with Crippen molar-refractivity contribution in [3.05, 3.63) is 39.4 Å². The van der Waals surface area contributed by atoms with Gasteiger partial charge in [-0.1, -0.05) is 6.07 Å². The zero-order valence-electron chi connectivity index (χ0n) is 13.0. The van der Waals surface area contributed by atoms with E-state index in [4.69, 9.17) is 5.73 Å². The normalized spacial score (nSPS) is 14.3. The third-order valence-corrected chi connectivity index (χ3v) is 3.87. The molecule has 0 spiro atoms. The van der Waals surface area contributed by atoms with Crippen molar-refractivity contribution in [1.29, 1.82) is 0 Å². The number of likely N-dealkylation sites (N-methyl/N-ethyl adjacent to an activating group) is 1. The molecule has 0 atom stereocenters. The van der Waals surface area contributed by atoms with Gasteiger partial charge in [-0.05, 0) is 26.0 Å². The molecule has 0 unspecified atom stereocenters. The van der Waals surface area contributed by atoms with E-state index >= 15 is 0 Å². The number of primary amides is 1. The lowest BCUT2D eigenvalue weighted by atomic mass is 10.1. The third-order valence-electron chi connectivity index (χ3n) is 3.87. The van der Waals surface area contributed by atoms with Gasteiger partial charge in [-0.25, -0.2) is 0 Å². The van der Waals surface area contributed by atoms with Gasteiger partial charge < -0.3 is 10.6 Å². The summed E-state index contributed by atoms with van der Waals surface area (Å²) in [5, 5.41) is 11.2. The molecule has 0 radical (unpaired) electrons. The molecule has 2 amide bonds. The van der Waals surface area contributed by atoms with E-state index < -0.39 is 10.8 Å². The van der Waals surface area contributed by atoms with Gasteiger partial charge in [0.25, 0.3) is 5.69 Å². The van der Waals surface area contributed by atoms with Crippen LogP contribution in [-0.2, 0) is 11.3 Å². The molecule has 124 valence electrons. The van der Waals surface area contributed by atoms with Gasteiger partial charge >= 0.3 is 0 Å². The monoisotopic (exact) mass is 320 g/mol. The number of nitrogens with zero attached hydrogens (tertiary/aromatic N) is 3. The zero-order valence-corrected chi connectivity index (χ0v) is 13.0. The number of carbonyl (C=O) groups is 2. The second-order valence-corrected chi connectivity index (χ2v) is 5.73. The molecule has 1 aliphatic rings. The fraction of sp³-hybridized carbons (Fsp3) is 0.467. The average molecular weight is 320 g/mol. The van der Waals surface area contributed by atoms with Crippen molar-refractivity contribution >= 4 is 17.5 Å². The summed E-state index contributed by atoms with van der Waals surface area (Å²) in [6, 6.07) is 4.14. The molecule has 23 heavy (non-hydrogen) atoms. The van der Waals surface area contributed by atoms with E-state index in [-0.39, 0.29) is 30.2 Å². The Kier molecular flexibility index (Phi) is 5.28. The summed E-state index contributed by atoms with van der Waals surface area (Å²) in [5.74, 6) is -0.682. The van der Waals surface area contributed by atoms with Crippen LogP contribution in [0, 0.1) is 10.1 Å². The first kappa shape index (κ1) is 16.9. The maximum atomic E-state index is 12.1. The fourth-order valence-electron chi connectivity index (χ4n) is 2.66. The van der Waals surface area contributed by atoms with E-state index in [0.717, 1.165) is 25.9 Å². The first-order valence-corrected chi connectivity index (χ1v) is 7.42. The van der Waals surface area contributed by atoms with Crippen LogP contribution in [0.1, 0.15) is 28.8 Å². The molecule has 1 aromatic carbocycles. The molecule has 1 heterocycles. The number of benzene rings is 1. The number of nitro groups is 1. The van der Waals surface area contributed by atoms with Crippen molar-refractivity contribution in [1.82, 2.24) is 9.80 Å². The minimum Gasteiger partial charge on any atom is -0.366 e. The molecule has 8 nitrogen and oxygen atoms in total. The smallest absolute Gasteiger partial charge is 0.274 e. The summed E-state index contributed by atoms with van der Waals surface area (Å²) in [6.45, 7) is 2.00. The van der Waals surface area contributed by atoms with Gasteiger partial charge in [0.05, 0.1) is 11.5 Å². The summed E-state index contributed by atoms with van der Waals surface area (Å²) >= 11 is 0. The van der Waals surface area contributed by atoms with Crippen LogP contribution < -0.4 is 5.73 Å². The molecule has 0 saturated carbocycles. The van der Waals surface area contributed by atoms with Gasteiger partial charge in [-0.3, -0.25) is 24.6 Å². The molecular formula is C15H20N4O4. The number of nitro benzene ring substituents is 1. The Bertz CT molecular complexity index is 626. The Labute approximate surface area is 134 Å². The van der Waals surface area contributed by atoms with Crippen molar-refractivity contribution in [2.24, 2.45) is 5.73 Å². The second kappa shape index (κ2) is 7.19. The quantitative estimate of drug-likeness (QED) is 0.614. The number of carbonyl (C=O) groups excluding carboxylic acids is 2. The first-order valence-electron chi connectivity index (χ1n) is 7.42. The fourth-order valence-corrected chi connectivity index (χ4v) is 2.66. The molecule has 2 rings (SSSR count). The Morgan fingerprint density at radius 3 is 2.57 bits per heavy atom. The lowest BCUT2D eigenvalue weighted by molar-refractivity contribution is -0.385. The standard InChI is InChI=1S/C15H20N4O4/c1-17(10-14(20)18-6-2-3-7-18)9-12-5-4-11(15(16)21)8-13(12)19(22)23/h4-5,8H,2-3,6-7,9-10H2,1H3,(H2,16,21). The van der Waals surface area contributed by atoms with Crippen LogP contribution in [0.15, 0.2) is 18.2 Å². The lowest BCUT2D eigenvalue weighted by Crippen LogP contribution is -2.37. The molecule has 1 fully saturated rings. The molecule has 0 bridgehead atoms. The number of hydrogen-bond acceptors (Lipinski definition) is 5. The average Bonchev–Trinajstić information content (AvgIpc) is 3.01. The van der Waals surface area contributed by atoms with Crippen LogP contribution in [0.2, 0.25) is 0 Å². The van der Waals surface area contributed by atoms with Crippen LogP contribution in [0.5, 0.6) is 0 Å². The Morgan fingerprint density at radius 1 is 1.35 bits per heavy atom. The largest absolute Gasteiger partial charge is 0.366 e. The predicted octanol–water partition coefficient (Wildman–Crippen LogP) is 0.748. The van der Waals surface area contributed by atoms with E-state index in [0.29, 0.717) is 5.56 Å². The molecule has 1 aromatic rings. The van der Waals surface area contributed by atoms with Gasteiger partial charge in [0.2, 0.25) is 11.8 Å². The maximum absolute atomic E-state index is 12.1. The van der Waals surface area contributed by atoms with E-state index in [1.165, 1.54) is 18.2 Å². The van der Waals surface area contributed by atoms with Crippen molar-refractivity contribution in [3.63, 3.8) is 0 Å². The Morgan fingerprint density at radius 2 is 2.00 bits per heavy atom. The summed E-state index contributed by atoms with van der Waals surface area (Å²) in [6.07, 6.45) is 2.05. The van der Waals surface area contributed by atoms with E-state index in [1.54, 1.807) is 16.8 Å². The Balaban J connectivity index is 2.07. The summed E-state index contributed by atoms with van der Waals surface area (Å²) in [7, 11) is 1.74. The van der Waals surface area contributed by atoms with Crippen molar-refractivity contribution < 1.29 is 14.5 Å². The highest BCUT2D eigenvalue weighted by atomic mass is 16.6. The molecule has 1 aliphatic heterocycles. The number of nitrogens with two attached hydrogens (primary N) is 1. The summed E-state index contributed by atoms with van der Waals surface area (Å²) in [4.78, 5) is 37.4. The SMILES string of the molecule is CN(CC(=O)N1CCCC1)Cc1ccc(C(N)=O)cc1[N+](=O)[O-]. The molecule has 0 aliphatic carbocycles. The van der Waals surface area contributed by atoms with Crippen LogP contribution in [0.25, 0.3) is 0 Å². The molecule has 2 N–H and O–H groups in total. The van der Waals surface area contributed by atoms with Gasteiger partial charge in [-0.15, -0.1) is 0 Å². The minimum atomic E-state index is -0.711. The second-order valence-electron chi connectivity index (χ2n) is 5.73. The predicted molar refractivity (Wildman–Crippen MR) is 83.8 cm³/mol. The van der Waals surface area contributed by atoms with Crippen molar-refractivity contribution in [2.75, 3.05) is 26.7 Å². The van der Waals surface area contributed by atoms with Gasteiger partial charge in [0.1, 0.15) is 0 Å². The highest BCUT2D eigenvalue weighted by molar-refractivity contribution is 5.93. The van der Waals surface area contributed by atoms with Crippen LogP contribution in [-0.4, -0.2) is 53.2 Å². The van der Waals surface area contributed by atoms with E-state index in [9.17, 15) is 19.7 Å². The van der Waals surface area contributed by atoms with E-state index in [1.807, 2.05) is 0 Å². The first-order chi connectivity index (χ1) is 10.9. The van der Waals surface area contributed by atoms with Crippen LogP contribution in [0.3, 0.4) is 0 Å². The molecule has 8 heteroatoms. The number of rotatable bonds is 6. The summed E-state index contributed by atoms with van der Waals surface area (Å²) < 4.78 is 0. The number of hydrogen-bond donors (Lipinski definition) is 1. The molecular weight excluding hydrogens is 300 g/mol. The lowest BCUT2D eigenvalue weighted by Gasteiger charge is -2.21. The molecule has 1 saturated heterocycles. The third kappa shape index (κ3) is 4.26. The van der Waals surface area contributed by atoms with Gasteiger partial charge in [-0.2, -0.15) is 0 Å². The van der Waals surface area contributed by atoms with Crippen molar-refractivity contribution in [3.8, 4) is 0 Å². The number of amides is 2. The zero-order chi connectivity index (χ0) is 17.0. The molecule has 0 aromatic heterocycles. The maximum Gasteiger partial charge on any atom is 0.274 e. The van der Waals surface area contributed by atoms with E-state index in [2.05, 4.69) is 0 Å². The highest BCUT2D eigenvalue weighted by Crippen LogP contribution is 2.21. The Hall–Kier alpha value is -2.48. The van der Waals surface area contributed by atoms with Crippen molar-refractivity contribution in [2.45, 2.75) is 19.4 Å². The topological polar surface area (TPSA) is 110 Å². The van der Waals surface area contributed by atoms with Crippen LogP contribution in [0.4, 0.5) is 5.69 Å². The highest BCUT2D eigenvalue weighted by Gasteiger charge is 2.21. The number of likely N-dealkylation sites (tertiary alicyclic amines) is 1. The minimum absolute atomic E-state index is 0.0291. The summed E-state index contributed by atoms with van der Waals surface area (Å²) in [5.41, 5.74) is 5.52. The van der Waals surface area contributed by atoms with Gasteiger partial charge in [0, 0.05) is 36.8 Å². The van der Waals surface area contributed by atoms with Crippen LogP contribution >= 0.6 is 0 Å². The van der Waals surface area contributed by atoms with Gasteiger partial charge in [0.15, 0.2) is 0 Å².